The van der Waals surface area contributed by atoms with Crippen molar-refractivity contribution in [2.45, 2.75) is 25.9 Å². The van der Waals surface area contributed by atoms with E-state index in [0.29, 0.717) is 20.2 Å². The standard InChI is InChI=1S/C12H10F3IN2/c1-6(2)10-8-3-7(12(13,14)15)4-9(16)11(8)18-5-17-10/h3-6H,1-2H3. The van der Waals surface area contributed by atoms with E-state index in [0.717, 1.165) is 12.1 Å². The molecular formula is C12H10F3IN2. The summed E-state index contributed by atoms with van der Waals surface area (Å²) in [5, 5.41) is 0.478. The molecule has 96 valence electrons. The number of fused-ring (bicyclic) bond motifs is 1. The Labute approximate surface area is 116 Å². The molecule has 0 aliphatic carbocycles. The molecule has 0 amide bonds. The van der Waals surface area contributed by atoms with Gasteiger partial charge >= 0.3 is 6.18 Å². The normalized spacial score (nSPS) is 12.4. The van der Waals surface area contributed by atoms with E-state index in [2.05, 4.69) is 9.97 Å². The van der Waals surface area contributed by atoms with Gasteiger partial charge in [0.05, 0.1) is 16.8 Å². The first kappa shape index (κ1) is 13.5. The molecule has 0 saturated carbocycles. The van der Waals surface area contributed by atoms with E-state index < -0.39 is 11.7 Å². The molecule has 0 aliphatic heterocycles. The van der Waals surface area contributed by atoms with Gasteiger partial charge in [-0.1, -0.05) is 13.8 Å². The van der Waals surface area contributed by atoms with Gasteiger partial charge in [0.25, 0.3) is 0 Å². The summed E-state index contributed by atoms with van der Waals surface area (Å²) in [7, 11) is 0. The summed E-state index contributed by atoms with van der Waals surface area (Å²) in [5.74, 6) is 0.0507. The minimum atomic E-state index is -4.35. The summed E-state index contributed by atoms with van der Waals surface area (Å²) in [6.45, 7) is 3.80. The first-order valence-electron chi connectivity index (χ1n) is 5.32. The van der Waals surface area contributed by atoms with Crippen LogP contribution in [0.5, 0.6) is 0 Å². The van der Waals surface area contributed by atoms with Crippen LogP contribution in [-0.2, 0) is 6.18 Å². The Bertz CT molecular complexity index is 594. The quantitative estimate of drug-likeness (QED) is 0.701. The third-order valence-electron chi connectivity index (χ3n) is 2.60. The predicted octanol–water partition coefficient (Wildman–Crippen LogP) is 4.38. The number of rotatable bonds is 1. The van der Waals surface area contributed by atoms with Crippen molar-refractivity contribution >= 4 is 33.5 Å². The molecule has 0 N–H and O–H groups in total. The largest absolute Gasteiger partial charge is 0.416 e. The second-order valence-corrected chi connectivity index (χ2v) is 5.43. The second-order valence-electron chi connectivity index (χ2n) is 4.27. The van der Waals surface area contributed by atoms with Gasteiger partial charge in [0.15, 0.2) is 0 Å². The van der Waals surface area contributed by atoms with Crippen molar-refractivity contribution < 1.29 is 13.2 Å². The van der Waals surface area contributed by atoms with Crippen LogP contribution in [0, 0.1) is 3.57 Å². The van der Waals surface area contributed by atoms with E-state index in [4.69, 9.17) is 0 Å². The van der Waals surface area contributed by atoms with Crippen LogP contribution in [-0.4, -0.2) is 9.97 Å². The summed E-state index contributed by atoms with van der Waals surface area (Å²) in [6.07, 6.45) is -2.95. The minimum absolute atomic E-state index is 0.0507. The maximum atomic E-state index is 12.8. The molecule has 0 radical (unpaired) electrons. The van der Waals surface area contributed by atoms with Crippen LogP contribution < -0.4 is 0 Å². The van der Waals surface area contributed by atoms with E-state index >= 15 is 0 Å². The van der Waals surface area contributed by atoms with E-state index in [1.54, 1.807) is 0 Å². The lowest BCUT2D eigenvalue weighted by Crippen LogP contribution is -2.07. The van der Waals surface area contributed by atoms with Gasteiger partial charge < -0.3 is 0 Å². The Morgan fingerprint density at radius 1 is 1.17 bits per heavy atom. The van der Waals surface area contributed by atoms with Gasteiger partial charge in [-0.2, -0.15) is 13.2 Å². The van der Waals surface area contributed by atoms with Crippen molar-refractivity contribution in [2.75, 3.05) is 0 Å². The van der Waals surface area contributed by atoms with Crippen LogP contribution in [0.2, 0.25) is 0 Å². The van der Waals surface area contributed by atoms with Crippen molar-refractivity contribution in [2.24, 2.45) is 0 Å². The van der Waals surface area contributed by atoms with Gasteiger partial charge in [-0.3, -0.25) is 0 Å². The third-order valence-corrected chi connectivity index (χ3v) is 3.42. The maximum Gasteiger partial charge on any atom is 0.416 e. The third kappa shape index (κ3) is 2.43. The Morgan fingerprint density at radius 2 is 1.83 bits per heavy atom. The van der Waals surface area contributed by atoms with Crippen LogP contribution in [0.1, 0.15) is 31.0 Å². The SMILES string of the molecule is CC(C)c1ncnc2c(I)cc(C(F)(F)F)cc12. The lowest BCUT2D eigenvalue weighted by atomic mass is 10.0. The molecule has 18 heavy (non-hydrogen) atoms. The summed E-state index contributed by atoms with van der Waals surface area (Å²) >= 11 is 1.87. The molecule has 2 nitrogen and oxygen atoms in total. The first-order valence-corrected chi connectivity index (χ1v) is 6.40. The molecule has 1 aromatic heterocycles. The molecule has 0 aliphatic rings. The van der Waals surface area contributed by atoms with Gasteiger partial charge in [0, 0.05) is 8.96 Å². The highest BCUT2D eigenvalue weighted by atomic mass is 127. The van der Waals surface area contributed by atoms with E-state index in [1.807, 2.05) is 36.4 Å². The van der Waals surface area contributed by atoms with Gasteiger partial charge in [-0.15, -0.1) is 0 Å². The van der Waals surface area contributed by atoms with Crippen molar-refractivity contribution in [1.29, 1.82) is 0 Å². The minimum Gasteiger partial charge on any atom is -0.240 e. The number of aromatic nitrogens is 2. The van der Waals surface area contributed by atoms with Crippen LogP contribution in [0.4, 0.5) is 13.2 Å². The Morgan fingerprint density at radius 3 is 2.39 bits per heavy atom. The lowest BCUT2D eigenvalue weighted by Gasteiger charge is -2.12. The number of alkyl halides is 3. The molecule has 1 heterocycles. The zero-order valence-electron chi connectivity index (χ0n) is 9.72. The molecule has 0 saturated heterocycles. The maximum absolute atomic E-state index is 12.8. The Kier molecular flexibility index (Phi) is 3.48. The monoisotopic (exact) mass is 366 g/mol. The Hall–Kier alpha value is -0.920. The van der Waals surface area contributed by atoms with Gasteiger partial charge in [0.2, 0.25) is 0 Å². The smallest absolute Gasteiger partial charge is 0.240 e. The number of hydrogen-bond acceptors (Lipinski definition) is 2. The summed E-state index contributed by atoms with van der Waals surface area (Å²) in [4.78, 5) is 8.15. The summed E-state index contributed by atoms with van der Waals surface area (Å²) in [6, 6.07) is 2.24. The molecule has 0 unspecified atom stereocenters. The van der Waals surface area contributed by atoms with Crippen molar-refractivity contribution in [3.8, 4) is 0 Å². The topological polar surface area (TPSA) is 25.8 Å². The first-order chi connectivity index (χ1) is 8.30. The van der Waals surface area contributed by atoms with Crippen LogP contribution >= 0.6 is 22.6 Å². The highest BCUT2D eigenvalue weighted by Gasteiger charge is 2.31. The molecule has 0 spiro atoms. The zero-order valence-corrected chi connectivity index (χ0v) is 11.9. The molecule has 2 rings (SSSR count). The number of nitrogens with zero attached hydrogens (tertiary/aromatic N) is 2. The summed E-state index contributed by atoms with van der Waals surface area (Å²) in [5.41, 5.74) is 0.558. The van der Waals surface area contributed by atoms with Gasteiger partial charge in [-0.25, -0.2) is 9.97 Å². The highest BCUT2D eigenvalue weighted by molar-refractivity contribution is 14.1. The predicted molar refractivity (Wildman–Crippen MR) is 71.3 cm³/mol. The van der Waals surface area contributed by atoms with Gasteiger partial charge in [0.1, 0.15) is 6.33 Å². The molecule has 0 bridgehead atoms. The number of halogens is 4. The fraction of sp³-hybridized carbons (Fsp3) is 0.333. The molecule has 6 heteroatoms. The zero-order chi connectivity index (χ0) is 13.5. The van der Waals surface area contributed by atoms with Crippen LogP contribution in [0.3, 0.4) is 0 Å². The molecular weight excluding hydrogens is 356 g/mol. The number of hydrogen-bond donors (Lipinski definition) is 0. The highest BCUT2D eigenvalue weighted by Crippen LogP contribution is 2.34. The van der Waals surface area contributed by atoms with Crippen molar-refractivity contribution in [3.63, 3.8) is 0 Å². The Balaban J connectivity index is 2.81. The number of benzene rings is 1. The second kappa shape index (κ2) is 4.64. The fourth-order valence-corrected chi connectivity index (χ4v) is 2.53. The molecule has 2 aromatic rings. The average Bonchev–Trinajstić information content (AvgIpc) is 2.26. The molecule has 0 atom stereocenters. The van der Waals surface area contributed by atoms with E-state index in [-0.39, 0.29) is 5.92 Å². The van der Waals surface area contributed by atoms with Crippen LogP contribution in [0.25, 0.3) is 10.9 Å². The molecule has 0 fully saturated rings. The van der Waals surface area contributed by atoms with Gasteiger partial charge in [-0.05, 0) is 40.6 Å². The summed E-state index contributed by atoms with van der Waals surface area (Å²) < 4.78 is 38.8. The average molecular weight is 366 g/mol. The lowest BCUT2D eigenvalue weighted by molar-refractivity contribution is -0.137. The van der Waals surface area contributed by atoms with E-state index in [1.165, 1.54) is 6.33 Å². The van der Waals surface area contributed by atoms with Crippen molar-refractivity contribution in [3.05, 3.63) is 33.3 Å². The fourth-order valence-electron chi connectivity index (χ4n) is 1.77. The van der Waals surface area contributed by atoms with Crippen LogP contribution in [0.15, 0.2) is 18.5 Å². The van der Waals surface area contributed by atoms with E-state index in [9.17, 15) is 13.2 Å². The molecule has 1 aromatic carbocycles. The van der Waals surface area contributed by atoms with Crippen molar-refractivity contribution in [1.82, 2.24) is 9.97 Å².